The summed E-state index contributed by atoms with van der Waals surface area (Å²) in [6.07, 6.45) is 2.87. The first kappa shape index (κ1) is 9.70. The van der Waals surface area contributed by atoms with Crippen molar-refractivity contribution < 1.29 is 19.1 Å². The van der Waals surface area contributed by atoms with Gasteiger partial charge in [-0.1, -0.05) is 0 Å². The molecule has 1 unspecified atom stereocenters. The molecule has 1 N–H and O–H groups in total. The molecule has 0 radical (unpaired) electrons. The fourth-order valence-electron chi connectivity index (χ4n) is 1.60. The van der Waals surface area contributed by atoms with Gasteiger partial charge in [0, 0.05) is 13.0 Å². The van der Waals surface area contributed by atoms with E-state index in [0.29, 0.717) is 12.3 Å². The summed E-state index contributed by atoms with van der Waals surface area (Å²) in [5.41, 5.74) is 0. The Labute approximate surface area is 85.5 Å². The van der Waals surface area contributed by atoms with Crippen LogP contribution in [-0.2, 0) is 16.1 Å². The van der Waals surface area contributed by atoms with Crippen molar-refractivity contribution in [2.75, 3.05) is 6.54 Å². The Morgan fingerprint density at radius 2 is 2.53 bits per heavy atom. The first-order chi connectivity index (χ1) is 7.16. The van der Waals surface area contributed by atoms with Crippen LogP contribution in [0.1, 0.15) is 12.2 Å². The summed E-state index contributed by atoms with van der Waals surface area (Å²) < 4.78 is 4.99. The third-order valence-electron chi connectivity index (χ3n) is 2.39. The Morgan fingerprint density at radius 3 is 3.07 bits per heavy atom. The van der Waals surface area contributed by atoms with Gasteiger partial charge in [-0.3, -0.25) is 9.59 Å². The van der Waals surface area contributed by atoms with Crippen molar-refractivity contribution in [3.05, 3.63) is 18.4 Å². The summed E-state index contributed by atoms with van der Waals surface area (Å²) in [6.45, 7) is 0.539. The van der Waals surface area contributed by atoms with E-state index in [0.717, 1.165) is 0 Å². The van der Waals surface area contributed by atoms with Crippen LogP contribution in [0.15, 0.2) is 17.0 Å². The number of carboxylic acid groups (broad SMARTS) is 1. The smallest absolute Gasteiger partial charge is 0.308 e. The van der Waals surface area contributed by atoms with Gasteiger partial charge >= 0.3 is 5.97 Å². The molecule has 80 valence electrons. The Kier molecular flexibility index (Phi) is 2.40. The van der Waals surface area contributed by atoms with E-state index in [2.05, 4.69) is 4.98 Å². The number of likely N-dealkylation sites (tertiary alicyclic amines) is 1. The molecule has 0 spiro atoms. The largest absolute Gasteiger partial charge is 0.481 e. The van der Waals surface area contributed by atoms with E-state index in [1.807, 2.05) is 0 Å². The fourth-order valence-corrected chi connectivity index (χ4v) is 1.60. The van der Waals surface area contributed by atoms with Gasteiger partial charge in [-0.15, -0.1) is 0 Å². The van der Waals surface area contributed by atoms with E-state index in [1.54, 1.807) is 0 Å². The van der Waals surface area contributed by atoms with Crippen LogP contribution in [0.3, 0.4) is 0 Å². The van der Waals surface area contributed by atoms with Gasteiger partial charge in [-0.2, -0.15) is 0 Å². The highest BCUT2D eigenvalue weighted by Crippen LogP contribution is 2.19. The van der Waals surface area contributed by atoms with E-state index < -0.39 is 11.9 Å². The lowest BCUT2D eigenvalue weighted by atomic mass is 10.1. The zero-order chi connectivity index (χ0) is 10.8. The molecule has 2 rings (SSSR count). The zero-order valence-electron chi connectivity index (χ0n) is 7.92. The molecule has 0 saturated carbocycles. The third-order valence-corrected chi connectivity index (χ3v) is 2.39. The molecule has 1 aliphatic rings. The molecule has 6 heteroatoms. The van der Waals surface area contributed by atoms with Crippen LogP contribution in [0.5, 0.6) is 0 Å². The standard InChI is InChI=1S/C9H10N2O4/c12-8-1-6(9(13)14)3-11(8)4-7-2-10-5-15-7/h2,5-6H,1,3-4H2,(H,13,14). The SMILES string of the molecule is O=C(O)C1CC(=O)N(Cc2cnco2)C1. The van der Waals surface area contributed by atoms with Crippen molar-refractivity contribution >= 4 is 11.9 Å². The van der Waals surface area contributed by atoms with Crippen molar-refractivity contribution in [1.29, 1.82) is 0 Å². The number of carbonyl (C=O) groups excluding carboxylic acids is 1. The monoisotopic (exact) mass is 210 g/mol. The Balaban J connectivity index is 2.00. The van der Waals surface area contributed by atoms with Gasteiger partial charge in [0.25, 0.3) is 0 Å². The molecular weight excluding hydrogens is 200 g/mol. The zero-order valence-corrected chi connectivity index (χ0v) is 7.92. The summed E-state index contributed by atoms with van der Waals surface area (Å²) in [5, 5.41) is 8.76. The van der Waals surface area contributed by atoms with E-state index in [-0.39, 0.29) is 18.9 Å². The van der Waals surface area contributed by atoms with E-state index in [4.69, 9.17) is 9.52 Å². The van der Waals surface area contributed by atoms with Gasteiger partial charge in [0.05, 0.1) is 18.7 Å². The summed E-state index contributed by atoms with van der Waals surface area (Å²) in [4.78, 5) is 27.3. The van der Waals surface area contributed by atoms with Crippen molar-refractivity contribution in [3.8, 4) is 0 Å². The molecule has 1 aromatic rings. The molecule has 1 aromatic heterocycles. The van der Waals surface area contributed by atoms with Gasteiger partial charge in [-0.05, 0) is 0 Å². The van der Waals surface area contributed by atoms with Crippen LogP contribution in [0.4, 0.5) is 0 Å². The van der Waals surface area contributed by atoms with Crippen LogP contribution in [-0.4, -0.2) is 33.4 Å². The first-order valence-electron chi connectivity index (χ1n) is 4.55. The highest BCUT2D eigenvalue weighted by atomic mass is 16.4. The van der Waals surface area contributed by atoms with Gasteiger partial charge in [0.1, 0.15) is 5.76 Å². The summed E-state index contributed by atoms with van der Waals surface area (Å²) in [5.74, 6) is -1.11. The highest BCUT2D eigenvalue weighted by Gasteiger charge is 2.34. The maximum Gasteiger partial charge on any atom is 0.308 e. The predicted molar refractivity (Wildman–Crippen MR) is 47.7 cm³/mol. The molecule has 1 saturated heterocycles. The third kappa shape index (κ3) is 1.98. The molecule has 0 bridgehead atoms. The quantitative estimate of drug-likeness (QED) is 0.765. The van der Waals surface area contributed by atoms with Gasteiger partial charge in [0.15, 0.2) is 6.39 Å². The molecule has 2 heterocycles. The average molecular weight is 210 g/mol. The van der Waals surface area contributed by atoms with Crippen molar-refractivity contribution in [1.82, 2.24) is 9.88 Å². The number of aromatic nitrogens is 1. The Bertz CT molecular complexity index is 373. The first-order valence-corrected chi connectivity index (χ1v) is 4.55. The van der Waals surface area contributed by atoms with Crippen LogP contribution in [0, 0.1) is 5.92 Å². The lowest BCUT2D eigenvalue weighted by Gasteiger charge is -2.13. The fraction of sp³-hybridized carbons (Fsp3) is 0.444. The molecule has 1 amide bonds. The van der Waals surface area contributed by atoms with Crippen LogP contribution < -0.4 is 0 Å². The lowest BCUT2D eigenvalue weighted by Crippen LogP contribution is -2.25. The Hall–Kier alpha value is -1.85. The highest BCUT2D eigenvalue weighted by molar-refractivity contribution is 5.85. The number of aliphatic carboxylic acids is 1. The average Bonchev–Trinajstić information content (AvgIpc) is 2.77. The van der Waals surface area contributed by atoms with Crippen molar-refractivity contribution in [2.24, 2.45) is 5.92 Å². The van der Waals surface area contributed by atoms with Crippen molar-refractivity contribution in [3.63, 3.8) is 0 Å². The summed E-state index contributed by atoms with van der Waals surface area (Å²) >= 11 is 0. The Morgan fingerprint density at radius 1 is 1.73 bits per heavy atom. The molecule has 1 atom stereocenters. The van der Waals surface area contributed by atoms with Crippen molar-refractivity contribution in [2.45, 2.75) is 13.0 Å². The van der Waals surface area contributed by atoms with Gasteiger partial charge in [0.2, 0.25) is 5.91 Å². The van der Waals surface area contributed by atoms with E-state index in [1.165, 1.54) is 17.5 Å². The number of amides is 1. The number of nitrogens with zero attached hydrogens (tertiary/aromatic N) is 2. The summed E-state index contributed by atoms with van der Waals surface area (Å²) in [7, 11) is 0. The number of hydrogen-bond donors (Lipinski definition) is 1. The lowest BCUT2D eigenvalue weighted by molar-refractivity contribution is -0.141. The maximum atomic E-state index is 11.4. The topological polar surface area (TPSA) is 83.6 Å². The minimum atomic E-state index is -0.927. The molecule has 0 aliphatic carbocycles. The van der Waals surface area contributed by atoms with Crippen LogP contribution in [0.2, 0.25) is 0 Å². The molecule has 15 heavy (non-hydrogen) atoms. The van der Waals surface area contributed by atoms with Gasteiger partial charge in [-0.25, -0.2) is 4.98 Å². The molecule has 0 aromatic carbocycles. The van der Waals surface area contributed by atoms with Gasteiger partial charge < -0.3 is 14.4 Å². The second-order valence-corrected chi connectivity index (χ2v) is 3.48. The molecule has 1 fully saturated rings. The molecule has 1 aliphatic heterocycles. The molecule has 6 nitrogen and oxygen atoms in total. The maximum absolute atomic E-state index is 11.4. The normalized spacial score (nSPS) is 20.9. The second-order valence-electron chi connectivity index (χ2n) is 3.48. The number of rotatable bonds is 3. The second kappa shape index (κ2) is 3.72. The number of carbonyl (C=O) groups is 2. The van der Waals surface area contributed by atoms with E-state index >= 15 is 0 Å². The number of hydrogen-bond acceptors (Lipinski definition) is 4. The van der Waals surface area contributed by atoms with E-state index in [9.17, 15) is 9.59 Å². The molecular formula is C9H10N2O4. The number of carboxylic acids is 1. The minimum Gasteiger partial charge on any atom is -0.481 e. The predicted octanol–water partition coefficient (Wildman–Crippen LogP) is 0.108. The van der Waals surface area contributed by atoms with Crippen LogP contribution >= 0.6 is 0 Å². The number of oxazole rings is 1. The minimum absolute atomic E-state index is 0.0729. The summed E-state index contributed by atoms with van der Waals surface area (Å²) in [6, 6.07) is 0. The van der Waals surface area contributed by atoms with Crippen LogP contribution in [0.25, 0.3) is 0 Å².